The third-order valence-electron chi connectivity index (χ3n) is 2.14. The summed E-state index contributed by atoms with van der Waals surface area (Å²) in [4.78, 5) is 24.5. The van der Waals surface area contributed by atoms with Crippen molar-refractivity contribution in [2.45, 2.75) is 18.9 Å². The molecule has 6 heteroatoms. The van der Waals surface area contributed by atoms with Crippen LogP contribution < -0.4 is 5.32 Å². The van der Waals surface area contributed by atoms with Gasteiger partial charge < -0.3 is 5.11 Å². The van der Waals surface area contributed by atoms with Gasteiger partial charge in [0.2, 0.25) is 0 Å². The monoisotopic (exact) mass is 223 g/mol. The van der Waals surface area contributed by atoms with Crippen molar-refractivity contribution in [1.82, 2.24) is 10.3 Å². The summed E-state index contributed by atoms with van der Waals surface area (Å²) in [7, 11) is 0. The summed E-state index contributed by atoms with van der Waals surface area (Å²) < 4.78 is 0. The number of aromatic nitrogens is 1. The Balaban J connectivity index is 2.63. The van der Waals surface area contributed by atoms with E-state index in [0.29, 0.717) is 6.42 Å². The first kappa shape index (κ1) is 12.3. The predicted molar refractivity (Wildman–Crippen MR) is 57.6 cm³/mol. The Hall–Kier alpha value is -1.82. The number of nitroso groups, excluding NO2 is 1. The Bertz CT molecular complexity index is 342. The second-order valence-electron chi connectivity index (χ2n) is 3.26. The quantitative estimate of drug-likeness (QED) is 0.680. The normalized spacial score (nSPS) is 12.0. The number of aliphatic carboxylic acids is 1. The molecule has 0 aliphatic carbocycles. The van der Waals surface area contributed by atoms with Crippen molar-refractivity contribution in [3.05, 3.63) is 35.0 Å². The van der Waals surface area contributed by atoms with Crippen molar-refractivity contribution in [3.8, 4) is 0 Å². The Morgan fingerprint density at radius 1 is 1.62 bits per heavy atom. The molecule has 16 heavy (non-hydrogen) atoms. The molecule has 1 aromatic heterocycles. The highest BCUT2D eigenvalue weighted by atomic mass is 16.4. The van der Waals surface area contributed by atoms with Crippen molar-refractivity contribution in [2.24, 2.45) is 5.18 Å². The number of carboxylic acids is 1. The maximum absolute atomic E-state index is 10.5. The predicted octanol–water partition coefficient (Wildman–Crippen LogP) is 1.30. The van der Waals surface area contributed by atoms with Crippen LogP contribution in [0.25, 0.3) is 0 Å². The lowest BCUT2D eigenvalue weighted by molar-refractivity contribution is -0.137. The average molecular weight is 223 g/mol. The van der Waals surface area contributed by atoms with Gasteiger partial charge in [0.25, 0.3) is 0 Å². The molecule has 0 radical (unpaired) electrons. The van der Waals surface area contributed by atoms with Crippen LogP contribution in [0.1, 0.15) is 24.4 Å². The molecule has 0 aliphatic rings. The average Bonchev–Trinajstić information content (AvgIpc) is 2.30. The smallest absolute Gasteiger partial charge is 0.303 e. The first-order chi connectivity index (χ1) is 7.74. The molecule has 0 aromatic carbocycles. The van der Waals surface area contributed by atoms with E-state index < -0.39 is 5.97 Å². The number of hydrogen-bond donors (Lipinski definition) is 2. The first-order valence-electron chi connectivity index (χ1n) is 4.88. The lowest BCUT2D eigenvalue weighted by Gasteiger charge is -2.15. The summed E-state index contributed by atoms with van der Waals surface area (Å²) in [6, 6.07) is 3.39. The number of carbonyl (C=O) groups is 1. The lowest BCUT2D eigenvalue weighted by Crippen LogP contribution is -2.22. The van der Waals surface area contributed by atoms with E-state index in [2.05, 4.69) is 15.5 Å². The molecule has 1 atom stereocenters. The highest BCUT2D eigenvalue weighted by Crippen LogP contribution is 2.17. The molecule has 86 valence electrons. The van der Waals surface area contributed by atoms with E-state index in [1.165, 1.54) is 0 Å². The molecule has 1 heterocycles. The zero-order valence-corrected chi connectivity index (χ0v) is 8.67. The molecule has 0 fully saturated rings. The fourth-order valence-corrected chi connectivity index (χ4v) is 1.38. The summed E-state index contributed by atoms with van der Waals surface area (Å²) >= 11 is 0. The molecular weight excluding hydrogens is 210 g/mol. The van der Waals surface area contributed by atoms with E-state index >= 15 is 0 Å². The Labute approximate surface area is 92.7 Å². The van der Waals surface area contributed by atoms with Gasteiger partial charge in [0.05, 0.1) is 0 Å². The lowest BCUT2D eigenvalue weighted by atomic mass is 10.0. The largest absolute Gasteiger partial charge is 0.481 e. The van der Waals surface area contributed by atoms with Crippen LogP contribution in [0, 0.1) is 4.91 Å². The van der Waals surface area contributed by atoms with Crippen molar-refractivity contribution < 1.29 is 9.90 Å². The zero-order valence-electron chi connectivity index (χ0n) is 8.67. The van der Waals surface area contributed by atoms with Gasteiger partial charge in [-0.3, -0.25) is 15.1 Å². The van der Waals surface area contributed by atoms with E-state index in [0.717, 1.165) is 5.56 Å². The molecule has 1 aromatic rings. The molecule has 0 spiro atoms. The topological polar surface area (TPSA) is 91.7 Å². The maximum atomic E-state index is 10.5. The number of nitrogens with one attached hydrogen (secondary N) is 1. The van der Waals surface area contributed by atoms with Gasteiger partial charge in [-0.2, -0.15) is 0 Å². The van der Waals surface area contributed by atoms with Crippen LogP contribution in [-0.2, 0) is 4.79 Å². The first-order valence-corrected chi connectivity index (χ1v) is 4.88. The van der Waals surface area contributed by atoms with Crippen molar-refractivity contribution in [2.75, 3.05) is 6.67 Å². The fourth-order valence-electron chi connectivity index (χ4n) is 1.38. The summed E-state index contributed by atoms with van der Waals surface area (Å²) in [5.74, 6) is -0.866. The van der Waals surface area contributed by atoms with Crippen LogP contribution in [0.3, 0.4) is 0 Å². The number of pyridine rings is 1. The fraction of sp³-hybridized carbons (Fsp3) is 0.400. The molecule has 1 rings (SSSR count). The highest BCUT2D eigenvalue weighted by Gasteiger charge is 2.12. The van der Waals surface area contributed by atoms with Gasteiger partial charge >= 0.3 is 5.97 Å². The van der Waals surface area contributed by atoms with E-state index in [4.69, 9.17) is 5.11 Å². The second kappa shape index (κ2) is 6.62. The molecule has 0 aliphatic heterocycles. The van der Waals surface area contributed by atoms with Crippen LogP contribution in [0.4, 0.5) is 0 Å². The van der Waals surface area contributed by atoms with Gasteiger partial charge in [-0.15, -0.1) is 4.91 Å². The highest BCUT2D eigenvalue weighted by molar-refractivity contribution is 5.66. The molecule has 0 saturated carbocycles. The van der Waals surface area contributed by atoms with Crippen molar-refractivity contribution in [3.63, 3.8) is 0 Å². The van der Waals surface area contributed by atoms with Crippen molar-refractivity contribution in [1.29, 1.82) is 0 Å². The summed E-state index contributed by atoms with van der Waals surface area (Å²) in [6.07, 6.45) is 3.71. The minimum atomic E-state index is -0.866. The molecule has 0 amide bonds. The van der Waals surface area contributed by atoms with Gasteiger partial charge in [-0.1, -0.05) is 11.2 Å². The van der Waals surface area contributed by atoms with Gasteiger partial charge in [0, 0.05) is 24.9 Å². The van der Waals surface area contributed by atoms with Gasteiger partial charge in [-0.25, -0.2) is 0 Å². The van der Waals surface area contributed by atoms with Crippen LogP contribution in [-0.4, -0.2) is 22.7 Å². The number of carboxylic acid groups (broad SMARTS) is 1. The van der Waals surface area contributed by atoms with Crippen LogP contribution in [0.2, 0.25) is 0 Å². The van der Waals surface area contributed by atoms with Gasteiger partial charge in [-0.05, 0) is 18.1 Å². The summed E-state index contributed by atoms with van der Waals surface area (Å²) in [6.45, 7) is -0.0425. The minimum absolute atomic E-state index is 0.0332. The third-order valence-corrected chi connectivity index (χ3v) is 2.14. The molecule has 6 nitrogen and oxygen atoms in total. The second-order valence-corrected chi connectivity index (χ2v) is 3.26. The molecule has 0 bridgehead atoms. The number of hydrogen-bond acceptors (Lipinski definition) is 5. The minimum Gasteiger partial charge on any atom is -0.481 e. The van der Waals surface area contributed by atoms with Crippen LogP contribution in [0.15, 0.2) is 29.7 Å². The Kier molecular flexibility index (Phi) is 5.07. The zero-order chi connectivity index (χ0) is 11.8. The van der Waals surface area contributed by atoms with Gasteiger partial charge in [0.1, 0.15) is 6.67 Å². The molecular formula is C10H13N3O3. The van der Waals surface area contributed by atoms with Crippen LogP contribution >= 0.6 is 0 Å². The Morgan fingerprint density at radius 3 is 3.00 bits per heavy atom. The van der Waals surface area contributed by atoms with Gasteiger partial charge in [0.15, 0.2) is 0 Å². The summed E-state index contributed by atoms with van der Waals surface area (Å²) in [5, 5.41) is 14.2. The summed E-state index contributed by atoms with van der Waals surface area (Å²) in [5.41, 5.74) is 0.854. The van der Waals surface area contributed by atoms with E-state index in [1.54, 1.807) is 18.5 Å². The number of nitrogens with zero attached hydrogens (tertiary/aromatic N) is 2. The third kappa shape index (κ3) is 4.14. The van der Waals surface area contributed by atoms with E-state index in [1.807, 2.05) is 6.07 Å². The maximum Gasteiger partial charge on any atom is 0.303 e. The number of rotatable bonds is 7. The van der Waals surface area contributed by atoms with E-state index in [9.17, 15) is 9.70 Å². The SMILES string of the molecule is O=NCNC(CCC(=O)O)c1cccnc1. The molecule has 1 unspecified atom stereocenters. The molecule has 0 saturated heterocycles. The molecule has 2 N–H and O–H groups in total. The van der Waals surface area contributed by atoms with Crippen molar-refractivity contribution >= 4 is 5.97 Å². The standard InChI is InChI=1S/C10H13N3O3/c14-10(15)4-3-9(12-7-13-16)8-2-1-5-11-6-8/h1-2,5-6,9,12H,3-4,7H2,(H,14,15). The Morgan fingerprint density at radius 2 is 2.44 bits per heavy atom. The van der Waals surface area contributed by atoms with Crippen LogP contribution in [0.5, 0.6) is 0 Å². The van der Waals surface area contributed by atoms with E-state index in [-0.39, 0.29) is 19.1 Å².